The number of furan rings is 1. The van der Waals surface area contributed by atoms with Gasteiger partial charge in [-0.1, -0.05) is 19.3 Å². The molecule has 3 heterocycles. The Balaban J connectivity index is 1.74. The van der Waals surface area contributed by atoms with Gasteiger partial charge in [0.25, 0.3) is 0 Å². The largest absolute Gasteiger partial charge is 0.463 e. The minimum atomic E-state index is 0.402. The summed E-state index contributed by atoms with van der Waals surface area (Å²) in [7, 11) is 0. The predicted molar refractivity (Wildman–Crippen MR) is 99.7 cm³/mol. The maximum Gasteiger partial charge on any atom is 0.206 e. The summed E-state index contributed by atoms with van der Waals surface area (Å²) in [4.78, 5) is 9.94. The summed E-state index contributed by atoms with van der Waals surface area (Å²) in [5.74, 6) is 0.799. The van der Waals surface area contributed by atoms with E-state index < -0.39 is 0 Å². The highest BCUT2D eigenvalue weighted by Crippen LogP contribution is 2.22. The maximum atomic E-state index is 5.58. The van der Waals surface area contributed by atoms with Crippen LogP contribution in [0.5, 0.6) is 0 Å². The fraction of sp³-hybridized carbons (Fsp3) is 0.316. The number of rotatable bonds is 4. The summed E-state index contributed by atoms with van der Waals surface area (Å²) in [6.45, 7) is 0. The molecule has 1 aliphatic carbocycles. The van der Waals surface area contributed by atoms with Gasteiger partial charge in [-0.2, -0.15) is 5.10 Å². The van der Waals surface area contributed by atoms with Gasteiger partial charge >= 0.3 is 0 Å². The van der Waals surface area contributed by atoms with Gasteiger partial charge in [0.15, 0.2) is 5.76 Å². The molecule has 0 N–H and O–H groups in total. The Morgan fingerprint density at radius 1 is 1.16 bits per heavy atom. The molecular formula is C19H20N4OS. The van der Waals surface area contributed by atoms with Crippen molar-refractivity contribution < 1.29 is 4.42 Å². The summed E-state index contributed by atoms with van der Waals surface area (Å²) in [6, 6.07) is 8.11. The van der Waals surface area contributed by atoms with Crippen molar-refractivity contribution in [2.45, 2.75) is 38.1 Å². The maximum absolute atomic E-state index is 5.58. The molecule has 0 unspecified atom stereocenters. The molecule has 0 saturated heterocycles. The highest BCUT2D eigenvalue weighted by molar-refractivity contribution is 7.07. The van der Waals surface area contributed by atoms with Crippen LogP contribution in [0.2, 0.25) is 0 Å². The van der Waals surface area contributed by atoms with E-state index in [2.05, 4.69) is 15.5 Å². The molecule has 0 atom stereocenters. The van der Waals surface area contributed by atoms with Crippen molar-refractivity contribution in [1.82, 2.24) is 9.66 Å². The Labute approximate surface area is 150 Å². The minimum absolute atomic E-state index is 0.402. The van der Waals surface area contributed by atoms with Gasteiger partial charge in [-0.05, 0) is 42.7 Å². The molecule has 128 valence electrons. The van der Waals surface area contributed by atoms with Crippen LogP contribution in [0.15, 0.2) is 62.8 Å². The molecule has 0 bridgehead atoms. The fourth-order valence-corrected chi connectivity index (χ4v) is 3.92. The lowest BCUT2D eigenvalue weighted by atomic mass is 9.96. The van der Waals surface area contributed by atoms with Crippen LogP contribution in [0.3, 0.4) is 0 Å². The number of thiazole rings is 1. The summed E-state index contributed by atoms with van der Waals surface area (Å²) < 4.78 is 7.46. The second kappa shape index (κ2) is 7.61. The Morgan fingerprint density at radius 2 is 2.00 bits per heavy atom. The SMILES string of the molecule is C(=Nn1c(-c2ccco2)csc1=NC1CCCCC1)c1ccncc1. The lowest BCUT2D eigenvalue weighted by Crippen LogP contribution is -2.18. The first kappa shape index (κ1) is 16.0. The van der Waals surface area contributed by atoms with Gasteiger partial charge < -0.3 is 4.42 Å². The first-order valence-electron chi connectivity index (χ1n) is 8.63. The van der Waals surface area contributed by atoms with E-state index in [0.717, 1.165) is 21.8 Å². The van der Waals surface area contributed by atoms with Gasteiger partial charge in [-0.25, -0.2) is 4.68 Å². The van der Waals surface area contributed by atoms with Crippen LogP contribution in [0, 0.1) is 0 Å². The minimum Gasteiger partial charge on any atom is -0.463 e. The van der Waals surface area contributed by atoms with E-state index in [1.807, 2.05) is 35.2 Å². The van der Waals surface area contributed by atoms with Crippen LogP contribution in [-0.4, -0.2) is 21.9 Å². The van der Waals surface area contributed by atoms with Crippen LogP contribution >= 0.6 is 11.3 Å². The molecule has 25 heavy (non-hydrogen) atoms. The topological polar surface area (TPSA) is 55.7 Å². The summed E-state index contributed by atoms with van der Waals surface area (Å²) in [6.07, 6.45) is 13.2. The van der Waals surface area contributed by atoms with Crippen molar-refractivity contribution in [3.8, 4) is 11.5 Å². The monoisotopic (exact) mass is 352 g/mol. The van der Waals surface area contributed by atoms with E-state index in [9.17, 15) is 0 Å². The standard InChI is InChI=1S/C19H20N4OS/c1-2-5-16(6-3-1)22-19-23(21-13-15-8-10-20-11-9-15)17(14-25-19)18-7-4-12-24-18/h4,7-14,16H,1-3,5-6H2. The van der Waals surface area contributed by atoms with E-state index in [0.29, 0.717) is 6.04 Å². The van der Waals surface area contributed by atoms with Crippen molar-refractivity contribution in [3.63, 3.8) is 0 Å². The summed E-state index contributed by atoms with van der Waals surface area (Å²) in [5.41, 5.74) is 1.93. The Bertz CT molecular complexity index is 887. The molecule has 5 nitrogen and oxygen atoms in total. The van der Waals surface area contributed by atoms with Crippen LogP contribution < -0.4 is 4.80 Å². The third kappa shape index (κ3) is 3.79. The zero-order chi connectivity index (χ0) is 16.9. The predicted octanol–water partition coefficient (Wildman–Crippen LogP) is 4.32. The fourth-order valence-electron chi connectivity index (χ4n) is 3.04. The number of hydrogen-bond acceptors (Lipinski definition) is 5. The molecule has 1 aliphatic rings. The number of nitrogens with zero attached hydrogens (tertiary/aromatic N) is 4. The highest BCUT2D eigenvalue weighted by atomic mass is 32.1. The normalized spacial score (nSPS) is 16.7. The van der Waals surface area contributed by atoms with Crippen molar-refractivity contribution in [2.75, 3.05) is 0 Å². The van der Waals surface area contributed by atoms with E-state index in [1.54, 1.807) is 30.0 Å². The molecule has 1 saturated carbocycles. The van der Waals surface area contributed by atoms with E-state index in [4.69, 9.17) is 9.41 Å². The lowest BCUT2D eigenvalue weighted by Gasteiger charge is -2.16. The van der Waals surface area contributed by atoms with Crippen molar-refractivity contribution in [3.05, 3.63) is 58.7 Å². The van der Waals surface area contributed by atoms with Gasteiger partial charge in [0.2, 0.25) is 4.80 Å². The molecule has 0 radical (unpaired) electrons. The molecule has 4 rings (SSSR count). The van der Waals surface area contributed by atoms with Crippen LogP contribution in [-0.2, 0) is 0 Å². The average molecular weight is 352 g/mol. The van der Waals surface area contributed by atoms with E-state index in [1.165, 1.54) is 32.1 Å². The molecule has 6 heteroatoms. The zero-order valence-electron chi connectivity index (χ0n) is 13.9. The van der Waals surface area contributed by atoms with Gasteiger partial charge in [-0.15, -0.1) is 11.3 Å². The molecule has 1 fully saturated rings. The van der Waals surface area contributed by atoms with Crippen molar-refractivity contribution >= 4 is 17.6 Å². The number of hydrogen-bond donors (Lipinski definition) is 0. The van der Waals surface area contributed by atoms with Crippen molar-refractivity contribution in [1.29, 1.82) is 0 Å². The molecule has 0 aromatic carbocycles. The van der Waals surface area contributed by atoms with E-state index >= 15 is 0 Å². The quantitative estimate of drug-likeness (QED) is 0.657. The number of pyridine rings is 1. The Hall–Kier alpha value is -2.47. The molecule has 0 aliphatic heterocycles. The van der Waals surface area contributed by atoms with Gasteiger partial charge in [0.05, 0.1) is 18.5 Å². The first-order valence-corrected chi connectivity index (χ1v) is 9.51. The van der Waals surface area contributed by atoms with Crippen LogP contribution in [0.25, 0.3) is 11.5 Å². The van der Waals surface area contributed by atoms with Crippen LogP contribution in [0.4, 0.5) is 0 Å². The molecular weight excluding hydrogens is 332 g/mol. The zero-order valence-corrected chi connectivity index (χ0v) is 14.7. The van der Waals surface area contributed by atoms with Gasteiger partial charge in [0.1, 0.15) is 5.69 Å². The second-order valence-electron chi connectivity index (χ2n) is 6.14. The average Bonchev–Trinajstić information content (AvgIpc) is 3.31. The van der Waals surface area contributed by atoms with Gasteiger partial charge in [-0.3, -0.25) is 9.98 Å². The molecule has 3 aromatic rings. The summed E-state index contributed by atoms with van der Waals surface area (Å²) in [5, 5.41) is 6.74. The molecule has 0 spiro atoms. The Morgan fingerprint density at radius 3 is 2.76 bits per heavy atom. The molecule has 0 amide bonds. The second-order valence-corrected chi connectivity index (χ2v) is 6.98. The highest BCUT2D eigenvalue weighted by Gasteiger charge is 2.14. The molecule has 3 aromatic heterocycles. The summed E-state index contributed by atoms with van der Waals surface area (Å²) >= 11 is 1.61. The number of aromatic nitrogens is 2. The smallest absolute Gasteiger partial charge is 0.206 e. The van der Waals surface area contributed by atoms with Crippen molar-refractivity contribution in [2.24, 2.45) is 10.1 Å². The third-order valence-electron chi connectivity index (χ3n) is 4.36. The Kier molecular flexibility index (Phi) is 4.88. The lowest BCUT2D eigenvalue weighted by molar-refractivity contribution is 0.435. The van der Waals surface area contributed by atoms with E-state index in [-0.39, 0.29) is 0 Å². The third-order valence-corrected chi connectivity index (χ3v) is 5.19. The van der Waals surface area contributed by atoms with Gasteiger partial charge in [0, 0.05) is 17.8 Å². The van der Waals surface area contributed by atoms with Crippen LogP contribution in [0.1, 0.15) is 37.7 Å². The first-order chi connectivity index (χ1) is 12.4.